The Morgan fingerprint density at radius 2 is 0.852 bits per heavy atom. The maximum absolute atomic E-state index is 10.5. The van der Waals surface area contributed by atoms with Crippen LogP contribution < -0.4 is 0 Å². The van der Waals surface area contributed by atoms with Crippen LogP contribution in [0.2, 0.25) is 0 Å². The van der Waals surface area contributed by atoms with Gasteiger partial charge in [0.25, 0.3) is 0 Å². The van der Waals surface area contributed by atoms with Crippen LogP contribution in [0.5, 0.6) is 0 Å². The molecular weight excluding hydrogens is 377 g/mol. The van der Waals surface area contributed by atoms with Gasteiger partial charge >= 0.3 is 0 Å². The van der Waals surface area contributed by atoms with Crippen molar-refractivity contribution in [2.24, 2.45) is 10.4 Å². The molecular formula is C15H34N5O6P. The lowest BCUT2D eigenvalue weighted by Crippen LogP contribution is -2.38. The third-order valence-corrected chi connectivity index (χ3v) is 6.28. The van der Waals surface area contributed by atoms with Crippen molar-refractivity contribution in [1.82, 2.24) is 14.7 Å². The molecule has 4 N–H and O–H groups in total. The molecule has 0 aromatic heterocycles. The number of nitrogens with zero attached hydrogens (tertiary/aromatic N) is 5. The largest absolute Gasteiger partial charge is 0.395 e. The Morgan fingerprint density at radius 3 is 1.11 bits per heavy atom. The summed E-state index contributed by atoms with van der Waals surface area (Å²) in [6.45, 7) is 2.76. The first-order valence-electron chi connectivity index (χ1n) is 9.06. The highest BCUT2D eigenvalue weighted by molar-refractivity contribution is 7.57. The number of rotatable bonds is 20. The Labute approximate surface area is 161 Å². The summed E-state index contributed by atoms with van der Waals surface area (Å²) >= 11 is 0. The zero-order chi connectivity index (χ0) is 20.3. The Hall–Kier alpha value is -0.650. The van der Waals surface area contributed by atoms with E-state index in [-0.39, 0.29) is 39.5 Å². The van der Waals surface area contributed by atoms with E-state index < -0.39 is 7.92 Å². The molecule has 0 aromatic rings. The van der Waals surface area contributed by atoms with Crippen molar-refractivity contribution in [3.05, 3.63) is 9.81 Å². The standard InChI is InChI=1S/C15H34N5O6P/c21-9-5-18(3-1-16-25)13-27(15-20(7-11-23)8-12-24)14-19(6-10-22)4-2-17-26/h21-24H,1-15H2. The van der Waals surface area contributed by atoms with E-state index in [9.17, 15) is 30.2 Å². The molecule has 0 aliphatic carbocycles. The Balaban J connectivity index is 5.10. The minimum absolute atomic E-state index is 0.0198. The van der Waals surface area contributed by atoms with Gasteiger partial charge in [-0.2, -0.15) is 9.81 Å². The molecule has 0 heterocycles. The first-order valence-corrected chi connectivity index (χ1v) is 11.0. The van der Waals surface area contributed by atoms with Gasteiger partial charge in [0.05, 0.1) is 39.5 Å². The lowest BCUT2D eigenvalue weighted by Gasteiger charge is -2.34. The van der Waals surface area contributed by atoms with Gasteiger partial charge in [0.2, 0.25) is 0 Å². The van der Waals surface area contributed by atoms with Crippen LogP contribution in [0.15, 0.2) is 10.4 Å². The van der Waals surface area contributed by atoms with Gasteiger partial charge in [-0.05, 0) is 0 Å². The van der Waals surface area contributed by atoms with Gasteiger partial charge in [-0.3, -0.25) is 14.7 Å². The van der Waals surface area contributed by atoms with Crippen molar-refractivity contribution in [2.75, 3.05) is 97.6 Å². The zero-order valence-corrected chi connectivity index (χ0v) is 16.8. The molecule has 0 aromatic carbocycles. The number of aliphatic hydroxyl groups excluding tert-OH is 4. The second kappa shape index (κ2) is 18.7. The van der Waals surface area contributed by atoms with Gasteiger partial charge in [0.15, 0.2) is 0 Å². The van der Waals surface area contributed by atoms with Gasteiger partial charge in [-0.1, -0.05) is 18.3 Å². The predicted octanol–water partition coefficient (Wildman–Crippen LogP) is -1.25. The number of hydrogen-bond acceptors (Lipinski definition) is 11. The third kappa shape index (κ3) is 14.1. The Kier molecular flexibility index (Phi) is 18.3. The molecule has 0 radical (unpaired) electrons. The number of aliphatic hydroxyl groups is 4. The minimum atomic E-state index is -0.712. The molecule has 0 bridgehead atoms. The molecule has 0 unspecified atom stereocenters. The van der Waals surface area contributed by atoms with E-state index in [1.807, 2.05) is 14.7 Å². The second-order valence-electron chi connectivity index (χ2n) is 6.05. The van der Waals surface area contributed by atoms with E-state index in [1.165, 1.54) is 0 Å². The van der Waals surface area contributed by atoms with Gasteiger partial charge in [-0.15, -0.1) is 0 Å². The zero-order valence-electron chi connectivity index (χ0n) is 15.9. The predicted molar refractivity (Wildman–Crippen MR) is 106 cm³/mol. The molecule has 27 heavy (non-hydrogen) atoms. The molecule has 0 rings (SSSR count). The summed E-state index contributed by atoms with van der Waals surface area (Å²) < 4.78 is 0. The highest BCUT2D eigenvalue weighted by Gasteiger charge is 2.20. The molecule has 0 fully saturated rings. The monoisotopic (exact) mass is 411 g/mol. The molecule has 0 aliphatic heterocycles. The summed E-state index contributed by atoms with van der Waals surface area (Å²) in [5.74, 6) is 0. The van der Waals surface area contributed by atoms with Crippen LogP contribution >= 0.6 is 7.92 Å². The quantitative estimate of drug-likeness (QED) is 0.142. The fraction of sp³-hybridized carbons (Fsp3) is 1.00. The maximum atomic E-state index is 10.5. The van der Waals surface area contributed by atoms with Gasteiger partial charge in [0, 0.05) is 58.1 Å². The van der Waals surface area contributed by atoms with E-state index in [0.29, 0.717) is 58.1 Å². The average molecular weight is 411 g/mol. The van der Waals surface area contributed by atoms with Crippen molar-refractivity contribution in [3.63, 3.8) is 0 Å². The molecule has 0 saturated carbocycles. The van der Waals surface area contributed by atoms with Crippen molar-refractivity contribution in [2.45, 2.75) is 0 Å². The normalized spacial score (nSPS) is 11.9. The van der Waals surface area contributed by atoms with E-state index in [2.05, 4.69) is 10.4 Å². The van der Waals surface area contributed by atoms with E-state index in [1.54, 1.807) is 0 Å². The Morgan fingerprint density at radius 1 is 0.556 bits per heavy atom. The van der Waals surface area contributed by atoms with Crippen molar-refractivity contribution in [3.8, 4) is 0 Å². The van der Waals surface area contributed by atoms with E-state index >= 15 is 0 Å². The second-order valence-corrected chi connectivity index (χ2v) is 8.24. The summed E-state index contributed by atoms with van der Waals surface area (Å²) in [4.78, 5) is 26.8. The molecule has 0 atom stereocenters. The van der Waals surface area contributed by atoms with Crippen molar-refractivity contribution >= 4 is 7.92 Å². The molecule has 0 amide bonds. The Bertz CT molecular complexity index is 342. The lowest BCUT2D eigenvalue weighted by molar-refractivity contribution is 0.176. The average Bonchev–Trinajstić information content (AvgIpc) is 2.64. The van der Waals surface area contributed by atoms with Crippen LogP contribution in [0.1, 0.15) is 0 Å². The van der Waals surface area contributed by atoms with Crippen LogP contribution in [-0.4, -0.2) is 133 Å². The summed E-state index contributed by atoms with van der Waals surface area (Å²) in [6, 6.07) is 0. The van der Waals surface area contributed by atoms with Crippen LogP contribution in [0.25, 0.3) is 0 Å². The fourth-order valence-electron chi connectivity index (χ4n) is 2.67. The highest BCUT2D eigenvalue weighted by atomic mass is 31.1. The van der Waals surface area contributed by atoms with Gasteiger partial charge < -0.3 is 20.4 Å². The fourth-order valence-corrected chi connectivity index (χ4v) is 5.49. The molecule has 160 valence electrons. The number of nitroso groups, excluding NO2 is 2. The first kappa shape index (κ1) is 26.4. The highest BCUT2D eigenvalue weighted by Crippen LogP contribution is 2.37. The van der Waals surface area contributed by atoms with E-state index in [0.717, 1.165) is 0 Å². The maximum Gasteiger partial charge on any atom is 0.0938 e. The molecule has 0 aliphatic rings. The van der Waals surface area contributed by atoms with E-state index in [4.69, 9.17) is 0 Å². The molecule has 0 spiro atoms. The third-order valence-electron chi connectivity index (χ3n) is 3.88. The van der Waals surface area contributed by atoms with Crippen molar-refractivity contribution < 1.29 is 20.4 Å². The van der Waals surface area contributed by atoms with Crippen LogP contribution in [0, 0.1) is 9.81 Å². The summed E-state index contributed by atoms with van der Waals surface area (Å²) in [7, 11) is -0.712. The lowest BCUT2D eigenvalue weighted by atomic mass is 10.5. The summed E-state index contributed by atoms with van der Waals surface area (Å²) in [6.07, 6.45) is 1.91. The van der Waals surface area contributed by atoms with Crippen LogP contribution in [-0.2, 0) is 0 Å². The summed E-state index contributed by atoms with van der Waals surface area (Å²) in [5, 5.41) is 42.8. The van der Waals surface area contributed by atoms with Crippen LogP contribution in [0.4, 0.5) is 0 Å². The molecule has 0 saturated heterocycles. The summed E-state index contributed by atoms with van der Waals surface area (Å²) in [5.41, 5.74) is 0. The smallest absolute Gasteiger partial charge is 0.0938 e. The molecule has 11 nitrogen and oxygen atoms in total. The number of hydrogen-bond donors (Lipinski definition) is 4. The van der Waals surface area contributed by atoms with Crippen molar-refractivity contribution in [1.29, 1.82) is 0 Å². The van der Waals surface area contributed by atoms with Gasteiger partial charge in [-0.25, -0.2) is 0 Å². The first-order chi connectivity index (χ1) is 13.1. The SMILES string of the molecule is O=NCCN(CCO)CP(CN(CCO)CCO)CN(CCO)CCN=O. The van der Waals surface area contributed by atoms with Gasteiger partial charge in [0.1, 0.15) is 0 Å². The van der Waals surface area contributed by atoms with Crippen LogP contribution in [0.3, 0.4) is 0 Å². The topological polar surface area (TPSA) is 150 Å². The minimum Gasteiger partial charge on any atom is -0.395 e. The molecule has 12 heteroatoms.